The third-order valence-electron chi connectivity index (χ3n) is 4.11. The summed E-state index contributed by atoms with van der Waals surface area (Å²) in [6.07, 6.45) is -1.35. The van der Waals surface area contributed by atoms with E-state index in [-0.39, 0.29) is 5.75 Å². The Morgan fingerprint density at radius 2 is 1.47 bits per heavy atom. The molecule has 7 heteroatoms. The van der Waals surface area contributed by atoms with Crippen molar-refractivity contribution < 1.29 is 24.2 Å². The van der Waals surface area contributed by atoms with Crippen molar-refractivity contribution in [2.75, 3.05) is 11.9 Å². The van der Waals surface area contributed by atoms with E-state index >= 15 is 0 Å². The predicted molar refractivity (Wildman–Crippen MR) is 111 cm³/mol. The van der Waals surface area contributed by atoms with Gasteiger partial charge in [-0.25, -0.2) is 0 Å². The van der Waals surface area contributed by atoms with Crippen molar-refractivity contribution in [1.82, 2.24) is 5.32 Å². The molecule has 1 unspecified atom stereocenters. The van der Waals surface area contributed by atoms with Crippen LogP contribution in [-0.4, -0.2) is 35.5 Å². The Bertz CT molecular complexity index is 1020. The number of ketones is 1. The maximum atomic E-state index is 12.8. The quantitative estimate of drug-likeness (QED) is 0.395. The molecule has 0 aromatic heterocycles. The van der Waals surface area contributed by atoms with Gasteiger partial charge in [0.05, 0.1) is 0 Å². The number of amides is 2. The van der Waals surface area contributed by atoms with Crippen molar-refractivity contribution >= 4 is 23.3 Å². The summed E-state index contributed by atoms with van der Waals surface area (Å²) in [7, 11) is 0. The molecular formula is C23H20N2O5. The van der Waals surface area contributed by atoms with Crippen LogP contribution in [0.3, 0.4) is 0 Å². The average molecular weight is 404 g/mol. The first-order valence-corrected chi connectivity index (χ1v) is 9.18. The molecule has 30 heavy (non-hydrogen) atoms. The highest BCUT2D eigenvalue weighted by molar-refractivity contribution is 6.03. The van der Waals surface area contributed by atoms with Gasteiger partial charge >= 0.3 is 0 Å². The molecular weight excluding hydrogens is 384 g/mol. The van der Waals surface area contributed by atoms with Gasteiger partial charge < -0.3 is 20.5 Å². The Hall–Kier alpha value is -3.97. The van der Waals surface area contributed by atoms with Crippen LogP contribution < -0.4 is 10.6 Å². The minimum absolute atomic E-state index is 0.000903. The van der Waals surface area contributed by atoms with Crippen molar-refractivity contribution in [3.63, 3.8) is 0 Å². The molecule has 3 aromatic rings. The average Bonchev–Trinajstić information content (AvgIpc) is 2.77. The zero-order chi connectivity index (χ0) is 21.3. The van der Waals surface area contributed by atoms with Crippen LogP contribution in [0, 0.1) is 0 Å². The van der Waals surface area contributed by atoms with E-state index in [9.17, 15) is 19.5 Å². The molecule has 3 N–H and O–H groups in total. The zero-order valence-corrected chi connectivity index (χ0v) is 15.9. The van der Waals surface area contributed by atoms with E-state index in [1.54, 1.807) is 72.8 Å². The van der Waals surface area contributed by atoms with E-state index in [1.807, 2.05) is 0 Å². The Labute approximate surface area is 173 Å². The van der Waals surface area contributed by atoms with Crippen LogP contribution in [0.1, 0.15) is 20.7 Å². The summed E-state index contributed by atoms with van der Waals surface area (Å²) < 4.78 is 5.46. The van der Waals surface area contributed by atoms with E-state index in [0.29, 0.717) is 16.8 Å². The van der Waals surface area contributed by atoms with E-state index < -0.39 is 30.4 Å². The van der Waals surface area contributed by atoms with E-state index in [4.69, 9.17) is 4.74 Å². The number of rotatable bonds is 8. The first kappa shape index (κ1) is 20.8. The fraction of sp³-hybridized carbons (Fsp3) is 0.0870. The number of anilines is 1. The second-order valence-corrected chi connectivity index (χ2v) is 6.36. The van der Waals surface area contributed by atoms with Gasteiger partial charge in [0.25, 0.3) is 5.91 Å². The van der Waals surface area contributed by atoms with Crippen LogP contribution in [0.15, 0.2) is 84.9 Å². The molecule has 0 aliphatic rings. The molecule has 152 valence electrons. The van der Waals surface area contributed by atoms with Crippen molar-refractivity contribution in [1.29, 1.82) is 0 Å². The lowest BCUT2D eigenvalue weighted by atomic mass is 10.1. The number of carbonyl (C=O) groups excluding carboxylic acids is 3. The molecule has 0 heterocycles. The van der Waals surface area contributed by atoms with Gasteiger partial charge in [-0.1, -0.05) is 54.6 Å². The van der Waals surface area contributed by atoms with Crippen molar-refractivity contribution in [2.24, 2.45) is 0 Å². The number of aromatic hydroxyl groups is 1. The third-order valence-corrected chi connectivity index (χ3v) is 4.11. The van der Waals surface area contributed by atoms with Crippen LogP contribution in [0.2, 0.25) is 0 Å². The van der Waals surface area contributed by atoms with Gasteiger partial charge in [-0.15, -0.1) is 0 Å². The summed E-state index contributed by atoms with van der Waals surface area (Å²) in [6, 6.07) is 22.7. The first-order chi connectivity index (χ1) is 14.5. The van der Waals surface area contributed by atoms with Crippen molar-refractivity contribution in [3.8, 4) is 5.75 Å². The van der Waals surface area contributed by atoms with Crippen molar-refractivity contribution in [2.45, 2.75) is 6.23 Å². The number of hydrogen-bond acceptors (Lipinski definition) is 5. The van der Waals surface area contributed by atoms with Gasteiger partial charge in [-0.2, -0.15) is 0 Å². The van der Waals surface area contributed by atoms with Crippen LogP contribution in [0.4, 0.5) is 5.69 Å². The minimum atomic E-state index is -1.35. The fourth-order valence-corrected chi connectivity index (χ4v) is 2.67. The molecule has 0 bridgehead atoms. The number of ether oxygens (including phenoxy) is 1. The summed E-state index contributed by atoms with van der Waals surface area (Å²) in [5.74, 6) is -1.52. The van der Waals surface area contributed by atoms with E-state index in [1.165, 1.54) is 12.1 Å². The summed E-state index contributed by atoms with van der Waals surface area (Å²) in [4.78, 5) is 37.5. The van der Waals surface area contributed by atoms with E-state index in [2.05, 4.69) is 10.6 Å². The molecule has 0 saturated carbocycles. The molecule has 2 amide bonds. The van der Waals surface area contributed by atoms with Gasteiger partial charge in [0, 0.05) is 22.9 Å². The highest BCUT2D eigenvalue weighted by Gasteiger charge is 2.24. The maximum Gasteiger partial charge on any atom is 0.253 e. The summed E-state index contributed by atoms with van der Waals surface area (Å²) in [6.45, 7) is -0.478. The van der Waals surface area contributed by atoms with Gasteiger partial charge in [-0.3, -0.25) is 14.4 Å². The monoisotopic (exact) mass is 404 g/mol. The molecule has 0 saturated heterocycles. The Morgan fingerprint density at radius 3 is 2.10 bits per heavy atom. The Kier molecular flexibility index (Phi) is 6.91. The summed E-state index contributed by atoms with van der Waals surface area (Å²) in [5.41, 5.74) is 1.07. The molecule has 0 aliphatic carbocycles. The Balaban J connectivity index is 1.69. The number of carbonyl (C=O) groups is 3. The SMILES string of the molecule is O=C(COC(NC(=O)c1ccccc1)C(=O)c1ccccc1)Nc1cccc(O)c1. The Morgan fingerprint density at radius 1 is 0.833 bits per heavy atom. The molecule has 3 rings (SSSR count). The third kappa shape index (κ3) is 5.76. The van der Waals surface area contributed by atoms with Crippen LogP contribution in [-0.2, 0) is 9.53 Å². The zero-order valence-electron chi connectivity index (χ0n) is 15.9. The fourth-order valence-electron chi connectivity index (χ4n) is 2.67. The molecule has 0 spiro atoms. The largest absolute Gasteiger partial charge is 0.508 e. The molecule has 0 aliphatic heterocycles. The van der Waals surface area contributed by atoms with Crippen molar-refractivity contribution in [3.05, 3.63) is 96.1 Å². The molecule has 7 nitrogen and oxygen atoms in total. The number of benzene rings is 3. The van der Waals surface area contributed by atoms with Gasteiger partial charge in [0.1, 0.15) is 12.4 Å². The predicted octanol–water partition coefficient (Wildman–Crippen LogP) is 2.99. The van der Waals surface area contributed by atoms with E-state index in [0.717, 1.165) is 0 Å². The molecule has 0 fully saturated rings. The number of phenolic OH excluding ortho intramolecular Hbond substituents is 1. The second kappa shape index (κ2) is 9.99. The molecule has 0 radical (unpaired) electrons. The number of Topliss-reactive ketones (excluding diaryl/α,β-unsaturated/α-hetero) is 1. The molecule has 3 aromatic carbocycles. The van der Waals surface area contributed by atoms with Gasteiger partial charge in [-0.05, 0) is 24.3 Å². The van der Waals surface area contributed by atoms with Crippen LogP contribution >= 0.6 is 0 Å². The first-order valence-electron chi connectivity index (χ1n) is 9.18. The minimum Gasteiger partial charge on any atom is -0.508 e. The topological polar surface area (TPSA) is 105 Å². The summed E-state index contributed by atoms with van der Waals surface area (Å²) >= 11 is 0. The number of hydrogen-bond donors (Lipinski definition) is 3. The second-order valence-electron chi connectivity index (χ2n) is 6.36. The maximum absolute atomic E-state index is 12.8. The van der Waals surface area contributed by atoms with Crippen LogP contribution in [0.25, 0.3) is 0 Å². The van der Waals surface area contributed by atoms with Gasteiger partial charge in [0.15, 0.2) is 6.23 Å². The standard InChI is InChI=1S/C23H20N2O5/c26-19-13-7-12-18(14-19)24-20(27)15-30-23(21(28)16-8-3-1-4-9-16)25-22(29)17-10-5-2-6-11-17/h1-14,23,26H,15H2,(H,24,27)(H,25,29). The van der Waals surface area contributed by atoms with Crippen LogP contribution in [0.5, 0.6) is 5.75 Å². The smallest absolute Gasteiger partial charge is 0.253 e. The lowest BCUT2D eigenvalue weighted by Gasteiger charge is -2.18. The number of phenols is 1. The lowest BCUT2D eigenvalue weighted by molar-refractivity contribution is -0.122. The molecule has 1 atom stereocenters. The lowest BCUT2D eigenvalue weighted by Crippen LogP contribution is -2.44. The normalized spacial score (nSPS) is 11.3. The number of nitrogens with one attached hydrogen (secondary N) is 2. The highest BCUT2D eigenvalue weighted by atomic mass is 16.5. The highest BCUT2D eigenvalue weighted by Crippen LogP contribution is 2.15. The van der Waals surface area contributed by atoms with Gasteiger partial charge in [0.2, 0.25) is 11.7 Å². The summed E-state index contributed by atoms with van der Waals surface area (Å²) in [5, 5.41) is 14.6.